The van der Waals surface area contributed by atoms with Crippen LogP contribution in [0.2, 0.25) is 20.1 Å². The number of carbonyl (C=O) groups is 2. The van der Waals surface area contributed by atoms with Crippen LogP contribution in [0.15, 0.2) is 204 Å². The normalized spacial score (nSPS) is 17.1. The number of benzene rings is 8. The number of sulfonamides is 4. The highest BCUT2D eigenvalue weighted by atomic mass is 35.5. The zero-order valence-electron chi connectivity index (χ0n) is 64.2. The maximum absolute atomic E-state index is 13.5. The summed E-state index contributed by atoms with van der Waals surface area (Å²) in [6.45, 7) is 10.5. The molecule has 0 aromatic heterocycles. The number of nitrogens with zero attached hydrogens (tertiary/aromatic N) is 9. The Hall–Kier alpha value is -7.49. The molecule has 0 spiro atoms. The molecular weight excluding hydrogens is 1790 g/mol. The van der Waals surface area contributed by atoms with Gasteiger partial charge in [-0.05, 0) is 167 Å². The van der Waals surface area contributed by atoms with Crippen LogP contribution in [0.25, 0.3) is 0 Å². The molecule has 2 N–H and O–H groups in total. The molecule has 4 fully saturated rings. The summed E-state index contributed by atoms with van der Waals surface area (Å²) < 4.78 is 145. The topological polar surface area (TPSA) is 397 Å². The van der Waals surface area contributed by atoms with Gasteiger partial charge in [-0.3, -0.25) is 29.8 Å². The lowest BCUT2D eigenvalue weighted by molar-refractivity contribution is -0.385. The number of aryl methyl sites for hydroxylation is 4. The van der Waals surface area contributed by atoms with Gasteiger partial charge in [0.05, 0.1) is 78.7 Å². The molecule has 29 nitrogen and oxygen atoms in total. The molecular formula is C76H79Cl4N11O18S9. The van der Waals surface area contributed by atoms with Crippen LogP contribution in [0.3, 0.4) is 0 Å². The molecule has 42 heteroatoms. The summed E-state index contributed by atoms with van der Waals surface area (Å²) in [6, 6.07) is 40.6. The van der Waals surface area contributed by atoms with Gasteiger partial charge in [0.2, 0.25) is 40.1 Å². The number of methoxy groups -OCH3 is 2. The van der Waals surface area contributed by atoms with Gasteiger partial charge in [0.15, 0.2) is 9.84 Å². The van der Waals surface area contributed by atoms with E-state index in [4.69, 9.17) is 55.9 Å². The smallest absolute Gasteiger partial charge is 0.324 e. The molecule has 0 radical (unpaired) electrons. The van der Waals surface area contributed by atoms with E-state index in [1.807, 2.05) is 83.3 Å². The average molecular weight is 1860 g/mol. The van der Waals surface area contributed by atoms with Crippen LogP contribution in [-0.2, 0) is 69.0 Å². The fraction of sp³-hybridized carbons (Fsp3) is 0.316. The van der Waals surface area contributed by atoms with Crippen molar-refractivity contribution in [2.45, 2.75) is 105 Å². The summed E-state index contributed by atoms with van der Waals surface area (Å²) in [5, 5.41) is 48.6. The van der Waals surface area contributed by atoms with E-state index in [1.54, 1.807) is 60.7 Å². The van der Waals surface area contributed by atoms with Gasteiger partial charge in [0, 0.05) is 145 Å². The molecule has 4 saturated heterocycles. The van der Waals surface area contributed by atoms with E-state index in [2.05, 4.69) is 15.5 Å². The third kappa shape index (κ3) is 24.2. The molecule has 0 amide bonds. The van der Waals surface area contributed by atoms with E-state index < -0.39 is 83.8 Å². The Morgan fingerprint density at radius 2 is 0.822 bits per heavy atom. The number of hydrogen-bond acceptors (Lipinski definition) is 27. The van der Waals surface area contributed by atoms with Gasteiger partial charge in [-0.2, -0.15) is 27.7 Å². The molecule has 8 aromatic rings. The number of esters is 2. The lowest BCUT2D eigenvalue weighted by Gasteiger charge is -2.31. The number of nitriles is 2. The highest BCUT2D eigenvalue weighted by molar-refractivity contribution is 8.01. The van der Waals surface area contributed by atoms with Crippen LogP contribution in [0.5, 0.6) is 0 Å². The number of nitro groups is 2. The number of likely N-dealkylation sites (N-methyl/N-ethyl adjacent to an activating group) is 1. The molecule has 4 aliphatic rings. The molecule has 4 aliphatic heterocycles. The summed E-state index contributed by atoms with van der Waals surface area (Å²) in [6.07, 6.45) is 0.726. The Kier molecular flexibility index (Phi) is 33.1. The molecule has 0 bridgehead atoms. The summed E-state index contributed by atoms with van der Waals surface area (Å²) in [5.74, 6) is -1.52. The van der Waals surface area contributed by atoms with E-state index in [0.717, 1.165) is 78.9 Å². The highest BCUT2D eigenvalue weighted by Gasteiger charge is 2.39. The van der Waals surface area contributed by atoms with E-state index in [1.165, 1.54) is 93.1 Å². The average Bonchev–Trinajstić information content (AvgIpc) is 0.811. The molecule has 118 heavy (non-hydrogen) atoms. The van der Waals surface area contributed by atoms with Crippen molar-refractivity contribution in [1.82, 2.24) is 32.8 Å². The zero-order chi connectivity index (χ0) is 86.4. The molecule has 0 aliphatic carbocycles. The molecule has 8 aromatic carbocycles. The maximum Gasteiger partial charge on any atom is 0.324 e. The summed E-state index contributed by atoms with van der Waals surface area (Å²) in [7, 11) is -14.7. The largest absolute Gasteiger partial charge is 0.468 e. The third-order valence-corrected chi connectivity index (χ3v) is 34.4. The number of non-ortho nitro benzene ring substituents is 2. The van der Waals surface area contributed by atoms with Gasteiger partial charge in [-0.1, -0.05) is 118 Å². The molecule has 12 rings (SSSR count). The minimum atomic E-state index is -4.18. The van der Waals surface area contributed by atoms with Gasteiger partial charge in [0.25, 0.3) is 11.4 Å². The molecule has 2 atom stereocenters. The standard InChI is InChI=1S/C20H25N3O4S2.C19H17Cl2N3O4S2.C19H20N2O4S3.C18H17Cl2N3O6S2/c1-15-5-6-16(2)19(13-15)28-18-8-7-17(23(24)25)14-20(18)29(26,27)22-10-4-9-21(3)11-12-22;1-28-19(25)15-11-24(7-6-23-15)30(26,27)18-8-12(10-22)2-5-16(18)29-17-9-13(20)3-4-14(17)21;1-14-3-4-15(2)18(11-14)26-17-6-5-16(13-20)12-19(17)28(24,25)21-7-9-27(22,23)10-8-21;1-29-18(24)14-10-22(7-6-21-14)31(27,28)17-9-12(23(25)26)3-5-15(17)30-16-8-11(19)2-4-13(16)20/h5-8,13-14H,4,9-12H2,1-3H3;2-5,8-9,15,23H,6-7,11H2,1H3;3-6,11-12H,7-10H2,1-2H3;2-5,8-9,14,21H,6-7,10H2,1H3. The summed E-state index contributed by atoms with van der Waals surface area (Å²) in [4.78, 5) is 51.5. The third-order valence-electron chi connectivity index (χ3n) is 18.5. The van der Waals surface area contributed by atoms with Crippen LogP contribution in [-0.4, -0.2) is 209 Å². The Morgan fingerprint density at radius 3 is 1.20 bits per heavy atom. The van der Waals surface area contributed by atoms with E-state index in [9.17, 15) is 82.4 Å². The van der Waals surface area contributed by atoms with Crippen molar-refractivity contribution in [3.05, 3.63) is 219 Å². The number of nitro benzene ring substituents is 2. The van der Waals surface area contributed by atoms with E-state index >= 15 is 0 Å². The number of nitrogens with one attached hydrogen (secondary N) is 2. The van der Waals surface area contributed by atoms with Crippen molar-refractivity contribution >= 4 is 167 Å². The van der Waals surface area contributed by atoms with Crippen LogP contribution < -0.4 is 10.6 Å². The summed E-state index contributed by atoms with van der Waals surface area (Å²) >= 11 is 29.3. The number of carbonyl (C=O) groups excluding carboxylic acids is 2. The zero-order valence-corrected chi connectivity index (χ0v) is 74.5. The number of piperazine rings is 2. The first kappa shape index (κ1) is 94.4. The minimum Gasteiger partial charge on any atom is -0.468 e. The Balaban J connectivity index is 0.000000179. The lowest BCUT2D eigenvalue weighted by atomic mass is 10.2. The predicted molar refractivity (Wildman–Crippen MR) is 453 cm³/mol. The van der Waals surface area contributed by atoms with Crippen LogP contribution in [0, 0.1) is 70.6 Å². The number of halogens is 4. The fourth-order valence-electron chi connectivity index (χ4n) is 12.0. The fourth-order valence-corrected chi connectivity index (χ4v) is 26.1. The minimum absolute atomic E-state index is 0.00200. The number of rotatable bonds is 20. The van der Waals surface area contributed by atoms with Crippen molar-refractivity contribution in [2.24, 2.45) is 0 Å². The first-order valence-corrected chi connectivity index (χ1v) is 48.0. The number of hydrogen-bond donors (Lipinski definition) is 2. The van der Waals surface area contributed by atoms with Gasteiger partial charge in [-0.25, -0.2) is 42.1 Å². The Bertz CT molecular complexity index is 5840. The van der Waals surface area contributed by atoms with E-state index in [-0.39, 0.29) is 104 Å². The van der Waals surface area contributed by atoms with Gasteiger partial charge < -0.3 is 25.0 Å². The second kappa shape index (κ2) is 41.4. The Morgan fingerprint density at radius 1 is 0.458 bits per heavy atom. The van der Waals surface area contributed by atoms with Crippen molar-refractivity contribution in [3.8, 4) is 12.1 Å². The van der Waals surface area contributed by atoms with Crippen molar-refractivity contribution < 1.29 is 71.0 Å². The summed E-state index contributed by atoms with van der Waals surface area (Å²) in [5.41, 5.74) is 4.03. The molecule has 2 unspecified atom stereocenters. The number of sulfone groups is 1. The number of ether oxygens (including phenoxy) is 2. The predicted octanol–water partition coefficient (Wildman–Crippen LogP) is 12.8. The van der Waals surface area contributed by atoms with E-state index in [0.29, 0.717) is 70.7 Å². The molecule has 628 valence electrons. The van der Waals surface area contributed by atoms with Crippen LogP contribution in [0.1, 0.15) is 39.8 Å². The van der Waals surface area contributed by atoms with Crippen molar-refractivity contribution in [2.75, 3.05) is 111 Å². The first-order chi connectivity index (χ1) is 55.7. The maximum atomic E-state index is 13.5. The lowest BCUT2D eigenvalue weighted by Crippen LogP contribution is -2.55. The first-order valence-electron chi connectivity index (χ1n) is 35.6. The van der Waals surface area contributed by atoms with Gasteiger partial charge in [-0.15, -0.1) is 0 Å². The van der Waals surface area contributed by atoms with Crippen molar-refractivity contribution in [1.29, 1.82) is 10.5 Å². The van der Waals surface area contributed by atoms with Gasteiger partial charge >= 0.3 is 11.9 Å². The van der Waals surface area contributed by atoms with Crippen LogP contribution in [0.4, 0.5) is 11.4 Å². The van der Waals surface area contributed by atoms with Crippen LogP contribution >= 0.6 is 93.5 Å². The second-order valence-corrected chi connectivity index (χ2v) is 42.8. The highest BCUT2D eigenvalue weighted by Crippen LogP contribution is 2.44. The quantitative estimate of drug-likeness (QED) is 0.0406. The second-order valence-electron chi connectivity index (χ2n) is 26.8. The Labute approximate surface area is 722 Å². The monoisotopic (exact) mass is 1860 g/mol. The SMILES string of the molecule is COC(=O)C1CN(S(=O)(=O)c2cc(C#N)ccc2Sc2cc(Cl)ccc2Cl)CCN1.COC(=O)C1CN(S(=O)(=O)c2cc([N+](=O)[O-])ccc2Sc2cc(Cl)ccc2Cl)CCN1.Cc1ccc(C)c(Sc2ccc(C#N)cc2S(=O)(=O)N2CCS(=O)(=O)CC2)c1.Cc1ccc(C)c(Sc2ccc([N+](=O)[O-])cc2S(=O)(=O)N2CCCN(C)CC2)c1. The van der Waals surface area contributed by atoms with Crippen molar-refractivity contribution in [3.63, 3.8) is 0 Å². The van der Waals surface area contributed by atoms with Gasteiger partial charge in [0.1, 0.15) is 21.9 Å². The molecule has 4 heterocycles. The molecule has 0 saturated carbocycles.